The van der Waals surface area contributed by atoms with E-state index in [4.69, 9.17) is 5.21 Å². The normalized spacial score (nSPS) is 13.0. The van der Waals surface area contributed by atoms with Crippen molar-refractivity contribution in [2.45, 2.75) is 35.1 Å². The van der Waals surface area contributed by atoms with E-state index in [2.05, 4.69) is 41.3 Å². The summed E-state index contributed by atoms with van der Waals surface area (Å²) >= 11 is 6.45. The molecule has 0 aliphatic carbocycles. The van der Waals surface area contributed by atoms with Crippen molar-refractivity contribution in [2.24, 2.45) is 0 Å². The number of rotatable bonds is 11. The third-order valence-electron chi connectivity index (χ3n) is 4.18. The number of amides is 1. The number of benzene rings is 2. The topological polar surface area (TPSA) is 142 Å². The summed E-state index contributed by atoms with van der Waals surface area (Å²) < 4.78 is 55.6. The van der Waals surface area contributed by atoms with Crippen LogP contribution >= 0.6 is 31.9 Å². The van der Waals surface area contributed by atoms with Crippen LogP contribution in [0.25, 0.3) is 0 Å². The van der Waals surface area contributed by atoms with Gasteiger partial charge >= 0.3 is 0 Å². The van der Waals surface area contributed by atoms with E-state index in [9.17, 15) is 21.6 Å². The first kappa shape index (κ1) is 25.9. The van der Waals surface area contributed by atoms with Crippen molar-refractivity contribution >= 4 is 57.8 Å². The minimum Gasteiger partial charge on any atom is -0.289 e. The Morgan fingerprint density at radius 2 is 1.32 bits per heavy atom. The molecule has 0 aliphatic rings. The van der Waals surface area contributed by atoms with Gasteiger partial charge in [0.25, 0.3) is 5.91 Å². The number of nitrogens with one attached hydrogen (secondary N) is 3. The molecule has 4 N–H and O–H groups in total. The molecule has 2 aromatic carbocycles. The number of carbonyl (C=O) groups is 1. The number of hydroxylamine groups is 1. The number of hydrogen-bond donors (Lipinski definition) is 4. The van der Waals surface area contributed by atoms with Crippen LogP contribution in [0.5, 0.6) is 0 Å². The first-order valence-corrected chi connectivity index (χ1v) is 13.6. The summed E-state index contributed by atoms with van der Waals surface area (Å²) in [6.45, 7) is 0.103. The van der Waals surface area contributed by atoms with Crippen molar-refractivity contribution < 1.29 is 26.8 Å². The predicted molar refractivity (Wildman–Crippen MR) is 121 cm³/mol. The molecule has 2 aromatic rings. The van der Waals surface area contributed by atoms with E-state index < -0.39 is 32.0 Å². The number of unbranched alkanes of at least 4 members (excludes halogenated alkanes) is 1. The molecule has 0 radical (unpaired) electrons. The summed E-state index contributed by atoms with van der Waals surface area (Å²) in [7, 11) is -7.67. The Morgan fingerprint density at radius 1 is 0.839 bits per heavy atom. The van der Waals surface area contributed by atoms with Gasteiger partial charge in [-0.25, -0.2) is 27.0 Å². The molecule has 0 aliphatic heterocycles. The van der Waals surface area contributed by atoms with Crippen molar-refractivity contribution in [3.63, 3.8) is 0 Å². The number of hydrogen-bond acceptors (Lipinski definition) is 6. The maximum Gasteiger partial charge on any atom is 0.261 e. The van der Waals surface area contributed by atoms with E-state index in [0.29, 0.717) is 17.3 Å². The fraction of sp³-hybridized carbons (Fsp3) is 0.278. The molecule has 0 fully saturated rings. The molecule has 0 bridgehead atoms. The van der Waals surface area contributed by atoms with Crippen LogP contribution in [-0.2, 0) is 24.8 Å². The van der Waals surface area contributed by atoms with Gasteiger partial charge in [0.05, 0.1) is 9.79 Å². The second-order valence-corrected chi connectivity index (χ2v) is 11.8. The molecule has 0 spiro atoms. The smallest absolute Gasteiger partial charge is 0.261 e. The summed E-state index contributed by atoms with van der Waals surface area (Å²) in [5.74, 6) is -0.906. The van der Waals surface area contributed by atoms with Crippen molar-refractivity contribution in [1.29, 1.82) is 0 Å². The number of carbonyl (C=O) groups excluding carboxylic acids is 1. The highest BCUT2D eigenvalue weighted by Gasteiger charge is 2.25. The predicted octanol–water partition coefficient (Wildman–Crippen LogP) is 2.51. The average Bonchev–Trinajstić information content (AvgIpc) is 2.72. The first-order valence-electron chi connectivity index (χ1n) is 9.02. The van der Waals surface area contributed by atoms with E-state index in [0.717, 1.165) is 4.47 Å². The largest absolute Gasteiger partial charge is 0.289 e. The van der Waals surface area contributed by atoms with Gasteiger partial charge in [0.1, 0.15) is 6.04 Å². The Hall–Kier alpha value is -1.35. The van der Waals surface area contributed by atoms with E-state index in [1.807, 2.05) is 0 Å². The van der Waals surface area contributed by atoms with Crippen LogP contribution in [0.4, 0.5) is 0 Å². The Bertz CT molecular complexity index is 1090. The number of sulfonamides is 2. The minimum atomic E-state index is -4.00. The van der Waals surface area contributed by atoms with Crippen LogP contribution in [0.1, 0.15) is 19.3 Å². The van der Waals surface area contributed by atoms with Crippen LogP contribution in [0.3, 0.4) is 0 Å². The second kappa shape index (κ2) is 11.5. The fourth-order valence-corrected chi connectivity index (χ4v) is 5.40. The van der Waals surface area contributed by atoms with E-state index in [1.54, 1.807) is 24.3 Å². The molecule has 0 saturated heterocycles. The zero-order chi connectivity index (χ0) is 23.1. The molecule has 13 heteroatoms. The molecular weight excluding hydrogens is 578 g/mol. The van der Waals surface area contributed by atoms with E-state index >= 15 is 0 Å². The van der Waals surface area contributed by atoms with Gasteiger partial charge in [-0.1, -0.05) is 38.3 Å². The second-order valence-electron chi connectivity index (χ2n) is 6.45. The third kappa shape index (κ3) is 7.93. The van der Waals surface area contributed by atoms with Crippen molar-refractivity contribution in [1.82, 2.24) is 14.9 Å². The quantitative estimate of drug-likeness (QED) is 0.178. The van der Waals surface area contributed by atoms with Gasteiger partial charge in [-0.2, -0.15) is 4.72 Å². The summed E-state index contributed by atoms with van der Waals surface area (Å²) in [6, 6.07) is 10.8. The molecule has 170 valence electrons. The fourth-order valence-electron chi connectivity index (χ4n) is 2.57. The molecule has 31 heavy (non-hydrogen) atoms. The molecular formula is C18H21Br2N3O6S2. The van der Waals surface area contributed by atoms with Crippen molar-refractivity contribution in [2.75, 3.05) is 6.54 Å². The lowest BCUT2D eigenvalue weighted by atomic mass is 10.1. The molecule has 9 nitrogen and oxygen atoms in total. The van der Waals surface area contributed by atoms with Gasteiger partial charge in [-0.3, -0.25) is 10.0 Å². The molecule has 0 aromatic heterocycles. The van der Waals surface area contributed by atoms with Gasteiger partial charge in [-0.15, -0.1) is 0 Å². The summed E-state index contributed by atoms with van der Waals surface area (Å²) in [5, 5.41) is 8.93. The lowest BCUT2D eigenvalue weighted by molar-refractivity contribution is -0.131. The first-order chi connectivity index (χ1) is 14.5. The third-order valence-corrected chi connectivity index (χ3v) is 8.21. The maximum absolute atomic E-state index is 12.5. The molecule has 0 heterocycles. The SMILES string of the molecule is O=C(NO)[C@H](CCCCNS(=O)(=O)c1ccc(Br)cc1)NS(=O)(=O)c1ccc(Br)cc1. The molecule has 0 unspecified atom stereocenters. The monoisotopic (exact) mass is 597 g/mol. The van der Waals surface area contributed by atoms with Crippen LogP contribution in [0.15, 0.2) is 67.3 Å². The summed E-state index contributed by atoms with van der Waals surface area (Å²) in [4.78, 5) is 12.0. The minimum absolute atomic E-state index is 0.0336. The Kier molecular flexibility index (Phi) is 9.61. The van der Waals surface area contributed by atoms with Crippen LogP contribution < -0.4 is 14.9 Å². The van der Waals surface area contributed by atoms with Crippen molar-refractivity contribution in [3.8, 4) is 0 Å². The van der Waals surface area contributed by atoms with E-state index in [1.165, 1.54) is 29.7 Å². The van der Waals surface area contributed by atoms with Gasteiger partial charge in [-0.05, 0) is 61.4 Å². The molecule has 1 amide bonds. The summed E-state index contributed by atoms with van der Waals surface area (Å²) in [5.41, 5.74) is 1.45. The van der Waals surface area contributed by atoms with Crippen LogP contribution in [0.2, 0.25) is 0 Å². The van der Waals surface area contributed by atoms with Gasteiger partial charge in [0.2, 0.25) is 20.0 Å². The zero-order valence-electron chi connectivity index (χ0n) is 16.1. The highest BCUT2D eigenvalue weighted by atomic mass is 79.9. The van der Waals surface area contributed by atoms with Crippen molar-refractivity contribution in [3.05, 3.63) is 57.5 Å². The average molecular weight is 599 g/mol. The maximum atomic E-state index is 12.5. The molecule has 0 saturated carbocycles. The Balaban J connectivity index is 1.91. The van der Waals surface area contributed by atoms with Crippen LogP contribution in [0, 0.1) is 0 Å². The van der Waals surface area contributed by atoms with Gasteiger partial charge < -0.3 is 0 Å². The lowest BCUT2D eigenvalue weighted by Crippen LogP contribution is -2.45. The van der Waals surface area contributed by atoms with E-state index in [-0.39, 0.29) is 22.8 Å². The number of halogens is 2. The molecule has 2 rings (SSSR count). The highest BCUT2D eigenvalue weighted by Crippen LogP contribution is 2.16. The Labute approximate surface area is 197 Å². The summed E-state index contributed by atoms with van der Waals surface area (Å²) in [6.07, 6.45) is 0.733. The Morgan fingerprint density at radius 3 is 1.81 bits per heavy atom. The van der Waals surface area contributed by atoms with Gasteiger partial charge in [0.15, 0.2) is 0 Å². The highest BCUT2D eigenvalue weighted by molar-refractivity contribution is 9.10. The lowest BCUT2D eigenvalue weighted by Gasteiger charge is -2.17. The van der Waals surface area contributed by atoms with Crippen LogP contribution in [-0.4, -0.2) is 40.5 Å². The zero-order valence-corrected chi connectivity index (χ0v) is 20.9. The van der Waals surface area contributed by atoms with Gasteiger partial charge in [0, 0.05) is 15.5 Å². The standard InChI is InChI=1S/C18H21Br2N3O6S2/c19-13-4-8-15(9-5-13)30(26,27)21-12-2-1-3-17(18(24)22-25)23-31(28,29)16-10-6-14(20)7-11-16/h4-11,17,21,23,25H,1-3,12H2,(H,22,24)/t17-/m0/s1. The molecule has 1 atom stereocenters.